The van der Waals surface area contributed by atoms with E-state index in [1.165, 1.54) is 0 Å². The highest BCUT2D eigenvalue weighted by Crippen LogP contribution is 2.20. The minimum atomic E-state index is -0.120. The summed E-state index contributed by atoms with van der Waals surface area (Å²) in [4.78, 5) is 20.8. The number of nitrogens with zero attached hydrogens (tertiary/aromatic N) is 2. The molecule has 4 rings (SSSR count). The van der Waals surface area contributed by atoms with Crippen LogP contribution in [0.5, 0.6) is 0 Å². The van der Waals surface area contributed by atoms with Gasteiger partial charge in [0.15, 0.2) is 5.82 Å². The summed E-state index contributed by atoms with van der Waals surface area (Å²) in [5, 5.41) is 3.85. The summed E-state index contributed by atoms with van der Waals surface area (Å²) in [7, 11) is 0. The lowest BCUT2D eigenvalue weighted by Crippen LogP contribution is -2.21. The van der Waals surface area contributed by atoms with E-state index in [9.17, 15) is 4.79 Å². The maximum Gasteiger partial charge on any atom is 0.257 e. The van der Waals surface area contributed by atoms with E-state index >= 15 is 0 Å². The molecule has 0 saturated carbocycles. The number of fused-ring (bicyclic) bond motifs is 2. The van der Waals surface area contributed by atoms with Gasteiger partial charge in [-0.25, -0.2) is 9.98 Å². The minimum absolute atomic E-state index is 0.120. The zero-order chi connectivity index (χ0) is 14.2. The lowest BCUT2D eigenvalue weighted by Gasteiger charge is -2.01. The Kier molecular flexibility index (Phi) is 2.54. The fourth-order valence-corrected chi connectivity index (χ4v) is 2.45. The van der Waals surface area contributed by atoms with Gasteiger partial charge >= 0.3 is 0 Å². The lowest BCUT2D eigenvalue weighted by molar-refractivity contribution is 0.0983. The number of benzene rings is 2. The third-order valence-corrected chi connectivity index (χ3v) is 3.47. The molecule has 0 aliphatic carbocycles. The van der Waals surface area contributed by atoms with Crippen molar-refractivity contribution < 1.29 is 4.79 Å². The molecule has 100 valence electrons. The molecule has 3 aromatic rings. The summed E-state index contributed by atoms with van der Waals surface area (Å²) in [5.74, 6) is 1.02. The van der Waals surface area contributed by atoms with Crippen LogP contribution in [0.4, 0.5) is 5.82 Å². The highest BCUT2D eigenvalue weighted by atomic mass is 16.2. The summed E-state index contributed by atoms with van der Waals surface area (Å²) < 4.78 is 0. The van der Waals surface area contributed by atoms with Gasteiger partial charge in [0, 0.05) is 10.9 Å². The quantitative estimate of drug-likeness (QED) is 0.740. The fourth-order valence-electron chi connectivity index (χ4n) is 2.45. The maximum absolute atomic E-state index is 11.9. The van der Waals surface area contributed by atoms with Crippen molar-refractivity contribution in [2.45, 2.75) is 0 Å². The molecule has 4 heteroatoms. The third kappa shape index (κ3) is 1.97. The molecule has 0 radical (unpaired) electrons. The smallest absolute Gasteiger partial charge is 0.257 e. The third-order valence-electron chi connectivity index (χ3n) is 3.47. The van der Waals surface area contributed by atoms with Gasteiger partial charge in [0.25, 0.3) is 5.91 Å². The molecule has 1 aromatic heterocycles. The van der Waals surface area contributed by atoms with Crippen LogP contribution in [0, 0.1) is 0 Å². The van der Waals surface area contributed by atoms with Crippen LogP contribution in [0.3, 0.4) is 0 Å². The highest BCUT2D eigenvalue weighted by Gasteiger charge is 2.24. The summed E-state index contributed by atoms with van der Waals surface area (Å²) in [5.41, 5.74) is 2.35. The van der Waals surface area contributed by atoms with Gasteiger partial charge in [-0.05, 0) is 24.3 Å². The second kappa shape index (κ2) is 4.52. The van der Waals surface area contributed by atoms with E-state index in [1.54, 1.807) is 6.07 Å². The normalized spacial score (nSPS) is 15.2. The molecule has 1 aliphatic rings. The first-order chi connectivity index (χ1) is 10.3. The molecular weight excluding hydrogens is 262 g/mol. The maximum atomic E-state index is 11.9. The number of pyridine rings is 1. The minimum Gasteiger partial charge on any atom is -0.306 e. The Hall–Kier alpha value is -3.01. The monoisotopic (exact) mass is 273 g/mol. The van der Waals surface area contributed by atoms with Crippen molar-refractivity contribution in [3.8, 4) is 0 Å². The Morgan fingerprint density at radius 1 is 0.857 bits per heavy atom. The lowest BCUT2D eigenvalue weighted by atomic mass is 10.1. The topological polar surface area (TPSA) is 54.4 Å². The number of aliphatic imine (C=N–C) groups is 1. The van der Waals surface area contributed by atoms with Crippen molar-refractivity contribution in [1.29, 1.82) is 0 Å². The summed E-state index contributed by atoms with van der Waals surface area (Å²) in [6.45, 7) is 0. The van der Waals surface area contributed by atoms with E-state index < -0.39 is 0 Å². The Labute approximate surface area is 121 Å². The Bertz CT molecular complexity index is 899. The van der Waals surface area contributed by atoms with Crippen molar-refractivity contribution in [1.82, 2.24) is 10.3 Å². The van der Waals surface area contributed by atoms with E-state index in [0.29, 0.717) is 17.2 Å². The van der Waals surface area contributed by atoms with Crippen molar-refractivity contribution in [2.24, 2.45) is 4.99 Å². The zero-order valence-corrected chi connectivity index (χ0v) is 11.1. The van der Waals surface area contributed by atoms with Crippen molar-refractivity contribution in [3.05, 3.63) is 71.8 Å². The first kappa shape index (κ1) is 11.8. The predicted molar refractivity (Wildman–Crippen MR) is 81.8 cm³/mol. The molecule has 0 saturated heterocycles. The van der Waals surface area contributed by atoms with Crippen LogP contribution in [0.1, 0.15) is 15.9 Å². The summed E-state index contributed by atoms with van der Waals surface area (Å²) in [6.07, 6.45) is 0. The number of amidine groups is 1. The van der Waals surface area contributed by atoms with Gasteiger partial charge in [0.05, 0.1) is 11.1 Å². The van der Waals surface area contributed by atoms with Crippen LogP contribution in [0.2, 0.25) is 0 Å². The van der Waals surface area contributed by atoms with Crippen LogP contribution >= 0.6 is 0 Å². The first-order valence-electron chi connectivity index (χ1n) is 6.66. The van der Waals surface area contributed by atoms with E-state index in [2.05, 4.69) is 15.3 Å². The van der Waals surface area contributed by atoms with Gasteiger partial charge in [-0.1, -0.05) is 36.4 Å². The second-order valence-corrected chi connectivity index (χ2v) is 4.82. The molecule has 0 atom stereocenters. The Morgan fingerprint density at radius 2 is 1.62 bits per heavy atom. The summed E-state index contributed by atoms with van der Waals surface area (Å²) >= 11 is 0. The molecule has 0 spiro atoms. The molecule has 0 unspecified atom stereocenters. The second-order valence-electron chi connectivity index (χ2n) is 4.82. The molecule has 4 nitrogen and oxygen atoms in total. The molecule has 1 aliphatic heterocycles. The van der Waals surface area contributed by atoms with Gasteiger partial charge < -0.3 is 5.32 Å². The number of hydrogen-bond donors (Lipinski definition) is 1. The number of nitrogens with one attached hydrogen (secondary N) is 1. The van der Waals surface area contributed by atoms with Gasteiger partial charge in [-0.15, -0.1) is 0 Å². The number of carbonyl (C=O) groups excluding carboxylic acids is 1. The first-order valence-corrected chi connectivity index (χ1v) is 6.66. The average molecular weight is 273 g/mol. The standard InChI is InChI=1S/C17H11N3O/c21-17-13-7-3-2-6-12(13)16(20-17)19-15-10-9-11-5-1-4-8-14(11)18-15/h1-10H,(H,18,19,20,21). The molecule has 21 heavy (non-hydrogen) atoms. The highest BCUT2D eigenvalue weighted by molar-refractivity contribution is 6.23. The molecule has 1 N–H and O–H groups in total. The van der Waals surface area contributed by atoms with Crippen LogP contribution in [-0.2, 0) is 0 Å². The number of rotatable bonds is 1. The van der Waals surface area contributed by atoms with Gasteiger partial charge in [-0.2, -0.15) is 0 Å². The van der Waals surface area contributed by atoms with Crippen molar-refractivity contribution >= 4 is 28.5 Å². The van der Waals surface area contributed by atoms with Crippen LogP contribution in [-0.4, -0.2) is 16.7 Å². The van der Waals surface area contributed by atoms with Crippen LogP contribution in [0.15, 0.2) is 65.7 Å². The number of hydrogen-bond acceptors (Lipinski definition) is 3. The number of para-hydroxylation sites is 1. The van der Waals surface area contributed by atoms with Crippen LogP contribution in [0.25, 0.3) is 10.9 Å². The number of carbonyl (C=O) groups is 1. The molecule has 1 amide bonds. The zero-order valence-electron chi connectivity index (χ0n) is 11.1. The van der Waals surface area contributed by atoms with Gasteiger partial charge in [0.1, 0.15) is 5.84 Å². The molecule has 2 aromatic carbocycles. The molecular formula is C17H11N3O. The summed E-state index contributed by atoms with van der Waals surface area (Å²) in [6, 6.07) is 19.1. The van der Waals surface area contributed by atoms with Crippen molar-refractivity contribution in [2.75, 3.05) is 0 Å². The van der Waals surface area contributed by atoms with Gasteiger partial charge in [0.2, 0.25) is 0 Å². The number of amides is 1. The number of aromatic nitrogens is 1. The van der Waals surface area contributed by atoms with E-state index in [4.69, 9.17) is 0 Å². The Balaban J connectivity index is 1.82. The van der Waals surface area contributed by atoms with E-state index in [-0.39, 0.29) is 5.91 Å². The predicted octanol–water partition coefficient (Wildman–Crippen LogP) is 3.06. The van der Waals surface area contributed by atoms with Crippen molar-refractivity contribution in [3.63, 3.8) is 0 Å². The van der Waals surface area contributed by atoms with E-state index in [1.807, 2.05) is 54.6 Å². The van der Waals surface area contributed by atoms with E-state index in [0.717, 1.165) is 16.5 Å². The average Bonchev–Trinajstić information content (AvgIpc) is 2.84. The Morgan fingerprint density at radius 3 is 2.52 bits per heavy atom. The molecule has 0 fully saturated rings. The molecule has 0 bridgehead atoms. The van der Waals surface area contributed by atoms with Crippen LogP contribution < -0.4 is 5.32 Å². The SMILES string of the molecule is O=C1NC(=Nc2ccc3ccccc3n2)c2ccccc21. The largest absolute Gasteiger partial charge is 0.306 e. The fraction of sp³-hybridized carbons (Fsp3) is 0. The molecule has 2 heterocycles. The van der Waals surface area contributed by atoms with Gasteiger partial charge in [-0.3, -0.25) is 4.79 Å².